The molecule has 15 heavy (non-hydrogen) atoms. The lowest BCUT2D eigenvalue weighted by Gasteiger charge is -2.08. The van der Waals surface area contributed by atoms with E-state index in [0.29, 0.717) is 25.9 Å². The van der Waals surface area contributed by atoms with E-state index in [2.05, 4.69) is 15.4 Å². The first-order chi connectivity index (χ1) is 7.06. The molecule has 0 fully saturated rings. The van der Waals surface area contributed by atoms with Gasteiger partial charge in [0.2, 0.25) is 5.91 Å². The SMILES string of the molecule is COC(=O)CCNCCC(=O)NC(C)C. The van der Waals surface area contributed by atoms with Crippen molar-refractivity contribution in [3.05, 3.63) is 0 Å². The van der Waals surface area contributed by atoms with E-state index in [9.17, 15) is 9.59 Å². The number of hydrogen-bond donors (Lipinski definition) is 2. The molecule has 0 rings (SSSR count). The summed E-state index contributed by atoms with van der Waals surface area (Å²) >= 11 is 0. The fraction of sp³-hybridized carbons (Fsp3) is 0.800. The van der Waals surface area contributed by atoms with E-state index in [1.165, 1.54) is 7.11 Å². The van der Waals surface area contributed by atoms with E-state index in [4.69, 9.17) is 0 Å². The maximum Gasteiger partial charge on any atom is 0.306 e. The van der Waals surface area contributed by atoms with E-state index >= 15 is 0 Å². The van der Waals surface area contributed by atoms with Crippen molar-refractivity contribution in [1.82, 2.24) is 10.6 Å². The smallest absolute Gasteiger partial charge is 0.306 e. The fourth-order valence-corrected chi connectivity index (χ4v) is 1.01. The van der Waals surface area contributed by atoms with Gasteiger partial charge in [-0.3, -0.25) is 9.59 Å². The lowest BCUT2D eigenvalue weighted by molar-refractivity contribution is -0.140. The molecule has 0 spiro atoms. The normalized spacial score (nSPS) is 10.1. The zero-order valence-electron chi connectivity index (χ0n) is 9.63. The van der Waals surface area contributed by atoms with E-state index in [0.717, 1.165) is 0 Å². The van der Waals surface area contributed by atoms with Crippen LogP contribution in [0.4, 0.5) is 0 Å². The average Bonchev–Trinajstić information content (AvgIpc) is 2.15. The molecule has 0 bridgehead atoms. The molecule has 0 radical (unpaired) electrons. The van der Waals surface area contributed by atoms with Gasteiger partial charge >= 0.3 is 5.97 Å². The van der Waals surface area contributed by atoms with Gasteiger partial charge in [0, 0.05) is 25.6 Å². The summed E-state index contributed by atoms with van der Waals surface area (Å²) in [5.41, 5.74) is 0. The molecule has 0 unspecified atom stereocenters. The summed E-state index contributed by atoms with van der Waals surface area (Å²) in [5.74, 6) is -0.218. The van der Waals surface area contributed by atoms with Crippen molar-refractivity contribution in [2.75, 3.05) is 20.2 Å². The van der Waals surface area contributed by atoms with Crippen molar-refractivity contribution < 1.29 is 14.3 Å². The standard InChI is InChI=1S/C10H20N2O3/c1-8(2)12-9(13)4-6-11-7-5-10(14)15-3/h8,11H,4-7H2,1-3H3,(H,12,13). The number of amides is 1. The minimum Gasteiger partial charge on any atom is -0.469 e. The number of carbonyl (C=O) groups excluding carboxylic acids is 2. The highest BCUT2D eigenvalue weighted by Gasteiger charge is 2.03. The molecule has 0 aliphatic rings. The van der Waals surface area contributed by atoms with Crippen molar-refractivity contribution in [2.24, 2.45) is 0 Å². The monoisotopic (exact) mass is 216 g/mol. The van der Waals surface area contributed by atoms with E-state index in [1.807, 2.05) is 13.8 Å². The van der Waals surface area contributed by atoms with Gasteiger partial charge in [-0.15, -0.1) is 0 Å². The molecule has 2 N–H and O–H groups in total. The summed E-state index contributed by atoms with van der Waals surface area (Å²) in [4.78, 5) is 21.9. The first-order valence-electron chi connectivity index (χ1n) is 5.13. The van der Waals surface area contributed by atoms with Gasteiger partial charge in [-0.05, 0) is 13.8 Å². The van der Waals surface area contributed by atoms with E-state index in [-0.39, 0.29) is 17.9 Å². The van der Waals surface area contributed by atoms with Gasteiger partial charge in [0.15, 0.2) is 0 Å². The maximum atomic E-state index is 11.2. The largest absolute Gasteiger partial charge is 0.469 e. The Morgan fingerprint density at radius 2 is 1.80 bits per heavy atom. The van der Waals surface area contributed by atoms with Gasteiger partial charge in [-0.1, -0.05) is 0 Å². The third-order valence-corrected chi connectivity index (χ3v) is 1.71. The third kappa shape index (κ3) is 9.21. The molecule has 0 heterocycles. The molecule has 5 nitrogen and oxygen atoms in total. The Hall–Kier alpha value is -1.10. The highest BCUT2D eigenvalue weighted by molar-refractivity contribution is 5.76. The van der Waals surface area contributed by atoms with Crippen LogP contribution < -0.4 is 10.6 Å². The quantitative estimate of drug-likeness (QED) is 0.466. The van der Waals surface area contributed by atoms with Crippen LogP contribution in [0.2, 0.25) is 0 Å². The van der Waals surface area contributed by atoms with Crippen LogP contribution >= 0.6 is 0 Å². The summed E-state index contributed by atoms with van der Waals surface area (Å²) < 4.78 is 4.47. The molecule has 0 aliphatic heterocycles. The molecule has 0 aromatic heterocycles. The molecular formula is C10H20N2O3. The Kier molecular flexibility index (Phi) is 7.62. The molecule has 88 valence electrons. The molecule has 0 atom stereocenters. The number of methoxy groups -OCH3 is 1. The van der Waals surface area contributed by atoms with Crippen LogP contribution in [0, 0.1) is 0 Å². The Bertz CT molecular complexity index is 205. The summed E-state index contributed by atoms with van der Waals surface area (Å²) in [6, 6.07) is 0.174. The zero-order chi connectivity index (χ0) is 11.7. The highest BCUT2D eigenvalue weighted by atomic mass is 16.5. The van der Waals surface area contributed by atoms with Gasteiger partial charge in [0.05, 0.1) is 13.5 Å². The number of ether oxygens (including phenoxy) is 1. The molecule has 0 saturated heterocycles. The van der Waals surface area contributed by atoms with Crippen molar-refractivity contribution in [1.29, 1.82) is 0 Å². The average molecular weight is 216 g/mol. The van der Waals surface area contributed by atoms with Gasteiger partial charge in [0.25, 0.3) is 0 Å². The fourth-order valence-electron chi connectivity index (χ4n) is 1.01. The van der Waals surface area contributed by atoms with Crippen LogP contribution in [0.25, 0.3) is 0 Å². The molecule has 0 saturated carbocycles. The van der Waals surface area contributed by atoms with Crippen LogP contribution in [-0.2, 0) is 14.3 Å². The van der Waals surface area contributed by atoms with Crippen molar-refractivity contribution in [3.63, 3.8) is 0 Å². The summed E-state index contributed by atoms with van der Waals surface area (Å²) in [5, 5.41) is 5.78. The Labute approximate surface area is 90.6 Å². The third-order valence-electron chi connectivity index (χ3n) is 1.71. The Morgan fingerprint density at radius 1 is 1.20 bits per heavy atom. The van der Waals surface area contributed by atoms with Crippen LogP contribution in [-0.4, -0.2) is 38.1 Å². The second kappa shape index (κ2) is 8.23. The molecule has 0 aromatic rings. The van der Waals surface area contributed by atoms with Gasteiger partial charge in [-0.25, -0.2) is 0 Å². The highest BCUT2D eigenvalue weighted by Crippen LogP contribution is 1.84. The predicted octanol–water partition coefficient (Wildman–Crippen LogP) is 0.0538. The van der Waals surface area contributed by atoms with Crippen molar-refractivity contribution in [2.45, 2.75) is 32.7 Å². The topological polar surface area (TPSA) is 67.4 Å². The number of hydrogen-bond acceptors (Lipinski definition) is 4. The minimum atomic E-state index is -0.242. The van der Waals surface area contributed by atoms with Crippen LogP contribution in [0.15, 0.2) is 0 Å². The maximum absolute atomic E-state index is 11.2. The number of esters is 1. The number of rotatable bonds is 7. The van der Waals surface area contributed by atoms with E-state index in [1.54, 1.807) is 0 Å². The molecule has 5 heteroatoms. The van der Waals surface area contributed by atoms with Gasteiger partial charge in [0.1, 0.15) is 0 Å². The molecular weight excluding hydrogens is 196 g/mol. The predicted molar refractivity (Wildman–Crippen MR) is 57.4 cm³/mol. The summed E-state index contributed by atoms with van der Waals surface area (Å²) in [6.45, 7) is 4.96. The molecule has 1 amide bonds. The zero-order valence-corrected chi connectivity index (χ0v) is 9.63. The minimum absolute atomic E-state index is 0.0237. The van der Waals surface area contributed by atoms with Crippen molar-refractivity contribution >= 4 is 11.9 Å². The second-order valence-electron chi connectivity index (χ2n) is 3.55. The van der Waals surface area contributed by atoms with Gasteiger partial charge in [-0.2, -0.15) is 0 Å². The van der Waals surface area contributed by atoms with Crippen LogP contribution in [0.1, 0.15) is 26.7 Å². The van der Waals surface area contributed by atoms with Crippen LogP contribution in [0.3, 0.4) is 0 Å². The van der Waals surface area contributed by atoms with Crippen molar-refractivity contribution in [3.8, 4) is 0 Å². The Balaban J connectivity index is 3.31. The van der Waals surface area contributed by atoms with Crippen LogP contribution in [0.5, 0.6) is 0 Å². The molecule has 0 aromatic carbocycles. The Morgan fingerprint density at radius 3 is 2.33 bits per heavy atom. The number of carbonyl (C=O) groups is 2. The van der Waals surface area contributed by atoms with E-state index < -0.39 is 0 Å². The van der Waals surface area contributed by atoms with Gasteiger partial charge < -0.3 is 15.4 Å². The lowest BCUT2D eigenvalue weighted by atomic mass is 10.3. The summed E-state index contributed by atoms with van der Waals surface area (Å²) in [7, 11) is 1.36. The second-order valence-corrected chi connectivity index (χ2v) is 3.55. The lowest BCUT2D eigenvalue weighted by Crippen LogP contribution is -2.32. The number of nitrogens with one attached hydrogen (secondary N) is 2. The molecule has 0 aliphatic carbocycles. The first kappa shape index (κ1) is 13.9. The summed E-state index contributed by atoms with van der Waals surface area (Å²) in [6.07, 6.45) is 0.766. The first-order valence-corrected chi connectivity index (χ1v) is 5.13.